The summed E-state index contributed by atoms with van der Waals surface area (Å²) in [5.74, 6) is -1.44. The fourth-order valence-electron chi connectivity index (χ4n) is 4.41. The first-order valence-electron chi connectivity index (χ1n) is 8.19. The maximum Gasteiger partial charge on any atom is 0.346 e. The summed E-state index contributed by atoms with van der Waals surface area (Å²) >= 11 is 12.0. The van der Waals surface area contributed by atoms with E-state index in [-0.39, 0.29) is 17.8 Å². The molecule has 0 N–H and O–H groups in total. The monoisotopic (exact) mass is 372 g/mol. The molecule has 2 bridgehead atoms. The van der Waals surface area contributed by atoms with Gasteiger partial charge in [-0.2, -0.15) is 0 Å². The molecule has 4 atom stereocenters. The molecule has 2 aliphatic heterocycles. The Labute approximate surface area is 155 Å². The second-order valence-corrected chi connectivity index (χ2v) is 7.58. The molecule has 2 aromatic carbocycles. The maximum atomic E-state index is 13.0. The molecule has 3 aliphatic rings. The van der Waals surface area contributed by atoms with Crippen LogP contribution in [-0.4, -0.2) is 5.97 Å². The van der Waals surface area contributed by atoms with Gasteiger partial charge >= 0.3 is 5.97 Å². The summed E-state index contributed by atoms with van der Waals surface area (Å²) in [6, 6.07) is 14.6. The molecular weight excluding hydrogens is 359 g/mol. The number of hydrogen-bond donors (Lipinski definition) is 0. The zero-order valence-electron chi connectivity index (χ0n) is 13.1. The molecule has 5 heteroatoms. The minimum absolute atomic E-state index is 0.0436. The van der Waals surface area contributed by atoms with Gasteiger partial charge in [0.05, 0.1) is 0 Å². The Bertz CT molecular complexity index is 890. The van der Waals surface area contributed by atoms with Crippen LogP contribution in [0.3, 0.4) is 0 Å². The molecule has 0 radical (unpaired) electrons. The topological polar surface area (TPSA) is 35.5 Å². The van der Waals surface area contributed by atoms with Crippen LogP contribution >= 0.6 is 23.2 Å². The highest BCUT2D eigenvalue weighted by molar-refractivity contribution is 6.30. The van der Waals surface area contributed by atoms with E-state index >= 15 is 0 Å². The van der Waals surface area contributed by atoms with Gasteiger partial charge in [0.25, 0.3) is 0 Å². The first kappa shape index (κ1) is 15.4. The minimum atomic E-state index is -1.12. The van der Waals surface area contributed by atoms with Crippen LogP contribution in [0, 0.1) is 11.8 Å². The van der Waals surface area contributed by atoms with E-state index in [1.807, 2.05) is 24.3 Å². The molecule has 0 spiro atoms. The molecule has 2 fully saturated rings. The molecule has 2 heterocycles. The van der Waals surface area contributed by atoms with Crippen LogP contribution < -0.4 is 0 Å². The first-order valence-corrected chi connectivity index (χ1v) is 8.94. The zero-order valence-corrected chi connectivity index (χ0v) is 14.6. The number of fused-ring (bicyclic) bond motifs is 5. The van der Waals surface area contributed by atoms with Crippen molar-refractivity contribution in [1.82, 2.24) is 0 Å². The van der Waals surface area contributed by atoms with Gasteiger partial charge in [-0.25, -0.2) is 4.79 Å². The van der Waals surface area contributed by atoms with Gasteiger partial charge in [-0.3, -0.25) is 0 Å². The Morgan fingerprint density at radius 1 is 0.920 bits per heavy atom. The van der Waals surface area contributed by atoms with Crippen molar-refractivity contribution in [3.05, 3.63) is 81.9 Å². The largest absolute Gasteiger partial charge is 0.426 e. The van der Waals surface area contributed by atoms with Crippen LogP contribution in [-0.2, 0) is 25.7 Å². The van der Waals surface area contributed by atoms with Gasteiger partial charge in [-0.1, -0.05) is 59.6 Å². The summed E-state index contributed by atoms with van der Waals surface area (Å²) in [4.78, 5) is 13.0. The van der Waals surface area contributed by atoms with Crippen molar-refractivity contribution in [1.29, 1.82) is 0 Å². The Balaban J connectivity index is 1.69. The summed E-state index contributed by atoms with van der Waals surface area (Å²) in [6.07, 6.45) is 4.99. The lowest BCUT2D eigenvalue weighted by molar-refractivity contribution is -0.194. The predicted octanol–water partition coefficient (Wildman–Crippen LogP) is 4.82. The van der Waals surface area contributed by atoms with E-state index in [1.165, 1.54) is 0 Å². The van der Waals surface area contributed by atoms with Crippen LogP contribution in [0.2, 0.25) is 10.0 Å². The highest BCUT2D eigenvalue weighted by atomic mass is 35.5. The van der Waals surface area contributed by atoms with E-state index in [0.717, 1.165) is 17.5 Å². The van der Waals surface area contributed by atoms with Crippen molar-refractivity contribution in [3.8, 4) is 0 Å². The van der Waals surface area contributed by atoms with Gasteiger partial charge in [-0.05, 0) is 36.2 Å². The normalized spacial score (nSPS) is 35.0. The lowest BCUT2D eigenvalue weighted by Crippen LogP contribution is -2.44. The summed E-state index contributed by atoms with van der Waals surface area (Å²) in [5, 5.41) is 1.25. The molecule has 0 unspecified atom stereocenters. The second-order valence-electron chi connectivity index (χ2n) is 6.70. The highest BCUT2D eigenvalue weighted by Crippen LogP contribution is 2.66. The smallest absolute Gasteiger partial charge is 0.346 e. The number of rotatable bonds is 2. The van der Waals surface area contributed by atoms with E-state index in [4.69, 9.17) is 32.7 Å². The molecule has 2 aromatic rings. The molecule has 0 aromatic heterocycles. The van der Waals surface area contributed by atoms with E-state index in [2.05, 4.69) is 12.2 Å². The summed E-state index contributed by atoms with van der Waals surface area (Å²) in [6.45, 7) is 0. The van der Waals surface area contributed by atoms with Crippen LogP contribution in [0.5, 0.6) is 0 Å². The third-order valence-corrected chi connectivity index (χ3v) is 6.01. The van der Waals surface area contributed by atoms with Gasteiger partial charge < -0.3 is 9.47 Å². The number of halogens is 2. The summed E-state index contributed by atoms with van der Waals surface area (Å²) < 4.78 is 12.4. The van der Waals surface area contributed by atoms with Crippen LogP contribution in [0.4, 0.5) is 0 Å². The molecule has 0 saturated carbocycles. The van der Waals surface area contributed by atoms with Crippen molar-refractivity contribution in [3.63, 3.8) is 0 Å². The third-order valence-electron chi connectivity index (χ3n) is 5.50. The number of carbonyl (C=O) groups is 1. The second kappa shape index (κ2) is 5.10. The Morgan fingerprint density at radius 3 is 2.16 bits per heavy atom. The molecule has 3 nitrogen and oxygen atoms in total. The van der Waals surface area contributed by atoms with Crippen LogP contribution in [0.1, 0.15) is 17.5 Å². The zero-order chi connectivity index (χ0) is 17.2. The average molecular weight is 373 g/mol. The number of benzene rings is 2. The van der Waals surface area contributed by atoms with Gasteiger partial charge in [0.2, 0.25) is 11.4 Å². The summed E-state index contributed by atoms with van der Waals surface area (Å²) in [5.41, 5.74) is 0.469. The van der Waals surface area contributed by atoms with E-state index in [1.54, 1.807) is 24.3 Å². The number of carbonyl (C=O) groups excluding carboxylic acids is 1. The quantitative estimate of drug-likeness (QED) is 0.559. The lowest BCUT2D eigenvalue weighted by atomic mass is 9.73. The molecule has 0 amide bonds. The van der Waals surface area contributed by atoms with Crippen molar-refractivity contribution in [2.45, 2.75) is 17.8 Å². The van der Waals surface area contributed by atoms with E-state index in [9.17, 15) is 4.79 Å². The highest BCUT2D eigenvalue weighted by Gasteiger charge is 2.75. The van der Waals surface area contributed by atoms with Gasteiger partial charge in [0, 0.05) is 27.4 Å². The van der Waals surface area contributed by atoms with E-state index < -0.39 is 11.4 Å². The van der Waals surface area contributed by atoms with Crippen LogP contribution in [0.15, 0.2) is 60.7 Å². The Hall–Kier alpha value is -1.81. The standard InChI is InChI=1S/C20H14Cl2O3/c21-14-8-4-12(5-9-14)19-16-2-1-3-17(16)20(25-19,24-18(19)23)13-6-10-15(22)11-7-13/h1-2,4-11,16-17H,3H2/t16-,17+,19+,20-/m0/s1. The first-order chi connectivity index (χ1) is 12.1. The fraction of sp³-hybridized carbons (Fsp3) is 0.250. The lowest BCUT2D eigenvalue weighted by Gasteiger charge is -2.34. The van der Waals surface area contributed by atoms with Crippen molar-refractivity contribution < 1.29 is 14.3 Å². The maximum absolute atomic E-state index is 13.0. The molecule has 5 rings (SSSR count). The van der Waals surface area contributed by atoms with Crippen molar-refractivity contribution in [2.75, 3.05) is 0 Å². The molecule has 25 heavy (non-hydrogen) atoms. The Kier molecular flexibility index (Phi) is 3.15. The number of ether oxygens (including phenoxy) is 2. The Morgan fingerprint density at radius 2 is 1.52 bits per heavy atom. The van der Waals surface area contributed by atoms with Crippen molar-refractivity contribution in [2.24, 2.45) is 11.8 Å². The predicted molar refractivity (Wildman–Crippen MR) is 94.2 cm³/mol. The van der Waals surface area contributed by atoms with Gasteiger partial charge in [-0.15, -0.1) is 0 Å². The fourth-order valence-corrected chi connectivity index (χ4v) is 4.67. The molecule has 126 valence electrons. The van der Waals surface area contributed by atoms with Gasteiger partial charge in [0.1, 0.15) is 0 Å². The number of hydrogen-bond acceptors (Lipinski definition) is 3. The molecular formula is C20H14Cl2O3. The van der Waals surface area contributed by atoms with E-state index in [0.29, 0.717) is 10.0 Å². The van der Waals surface area contributed by atoms with Gasteiger partial charge in [0.15, 0.2) is 0 Å². The third kappa shape index (κ3) is 1.89. The number of allylic oxidation sites excluding steroid dienone is 1. The summed E-state index contributed by atoms with van der Waals surface area (Å²) in [7, 11) is 0. The molecule has 1 aliphatic carbocycles. The SMILES string of the molecule is O=C1O[C@@]2(c3ccc(Cl)cc3)O[C@]1(c1ccc(Cl)cc1)[C@H]1C=CC[C@H]12. The minimum Gasteiger partial charge on any atom is -0.426 e. The number of esters is 1. The average Bonchev–Trinajstić information content (AvgIpc) is 3.26. The van der Waals surface area contributed by atoms with Crippen molar-refractivity contribution >= 4 is 29.2 Å². The molecule has 2 saturated heterocycles. The van der Waals surface area contributed by atoms with Crippen LogP contribution in [0.25, 0.3) is 0 Å².